The van der Waals surface area contributed by atoms with Crippen LogP contribution in [0.2, 0.25) is 0 Å². The van der Waals surface area contributed by atoms with Crippen LogP contribution in [0.25, 0.3) is 10.2 Å². The Balaban J connectivity index is 1.34. The minimum Gasteiger partial charge on any atom is -0.354 e. The van der Waals surface area contributed by atoms with Crippen molar-refractivity contribution in [3.05, 3.63) is 23.2 Å². The van der Waals surface area contributed by atoms with Crippen molar-refractivity contribution in [3.63, 3.8) is 0 Å². The average molecular weight is 480 g/mol. The molecule has 0 bridgehead atoms. The Morgan fingerprint density at radius 2 is 2.19 bits per heavy atom. The van der Waals surface area contributed by atoms with E-state index in [4.69, 9.17) is 0 Å². The van der Waals surface area contributed by atoms with E-state index >= 15 is 0 Å². The summed E-state index contributed by atoms with van der Waals surface area (Å²) in [4.78, 5) is 41.1. The first kappa shape index (κ1) is 21.4. The van der Waals surface area contributed by atoms with Crippen LogP contribution in [0.3, 0.4) is 0 Å². The van der Waals surface area contributed by atoms with Crippen LogP contribution in [0.15, 0.2) is 17.5 Å². The fourth-order valence-corrected chi connectivity index (χ4v) is 8.34. The van der Waals surface area contributed by atoms with E-state index in [0.717, 1.165) is 10.2 Å². The fraction of sp³-hybridized carbons (Fsp3) is 0.550. The second kappa shape index (κ2) is 7.56. The zero-order valence-electron chi connectivity index (χ0n) is 17.7. The topological polar surface area (TPSA) is 121 Å². The maximum atomic E-state index is 13.2. The van der Waals surface area contributed by atoms with Crippen molar-refractivity contribution in [2.75, 3.05) is 50.8 Å². The molecule has 0 radical (unpaired) electrons. The number of carbonyl (C=O) groups excluding carboxylic acids is 3. The molecule has 32 heavy (non-hydrogen) atoms. The highest BCUT2D eigenvalue weighted by molar-refractivity contribution is 7.91. The Morgan fingerprint density at radius 1 is 1.38 bits per heavy atom. The molecular formula is C20H25N5O5S2. The quantitative estimate of drug-likeness (QED) is 0.582. The number of hydrogen-bond acceptors (Lipinski definition) is 7. The molecule has 3 saturated heterocycles. The molecule has 0 saturated carbocycles. The number of amides is 3. The van der Waals surface area contributed by atoms with Crippen LogP contribution in [0, 0.1) is 5.92 Å². The molecule has 12 heteroatoms. The van der Waals surface area contributed by atoms with Crippen molar-refractivity contribution < 1.29 is 22.8 Å². The molecule has 3 aliphatic rings. The number of sulfone groups is 1. The van der Waals surface area contributed by atoms with Crippen LogP contribution in [0.1, 0.15) is 10.5 Å². The lowest BCUT2D eigenvalue weighted by molar-refractivity contribution is -0.133. The van der Waals surface area contributed by atoms with Gasteiger partial charge in [-0.3, -0.25) is 19.3 Å². The summed E-state index contributed by atoms with van der Waals surface area (Å²) in [6.45, 7) is 1.80. The lowest BCUT2D eigenvalue weighted by Crippen LogP contribution is -2.56. The molecule has 2 N–H and O–H groups in total. The lowest BCUT2D eigenvalue weighted by atomic mass is 9.90. The van der Waals surface area contributed by atoms with Gasteiger partial charge in [0.05, 0.1) is 40.4 Å². The van der Waals surface area contributed by atoms with Gasteiger partial charge in [0.25, 0.3) is 5.91 Å². The molecule has 5 heterocycles. The number of thiophene rings is 1. The summed E-state index contributed by atoms with van der Waals surface area (Å²) in [7, 11) is -1.51. The number of carbonyl (C=O) groups is 3. The molecule has 3 fully saturated rings. The summed E-state index contributed by atoms with van der Waals surface area (Å²) < 4.78 is 27.7. The van der Waals surface area contributed by atoms with E-state index in [-0.39, 0.29) is 61.3 Å². The number of likely N-dealkylation sites (tertiary alicyclic amines) is 1. The first-order valence-corrected chi connectivity index (χ1v) is 13.2. The normalized spacial score (nSPS) is 27.5. The number of hydrogen-bond donors (Lipinski definition) is 2. The van der Waals surface area contributed by atoms with Gasteiger partial charge in [-0.05, 0) is 17.5 Å². The van der Waals surface area contributed by atoms with Gasteiger partial charge in [0, 0.05) is 39.1 Å². The van der Waals surface area contributed by atoms with Crippen molar-refractivity contribution >= 4 is 49.1 Å². The monoisotopic (exact) mass is 479 g/mol. The molecule has 0 unspecified atom stereocenters. The van der Waals surface area contributed by atoms with Gasteiger partial charge in [0.15, 0.2) is 9.84 Å². The SMILES string of the molecule is Cn1c(C(=O)N[C@]23CN(C(=O)CN4CCNC(=O)C4)C[C@H]2CS(=O)(=O)C3)cc2sccc21. The summed E-state index contributed by atoms with van der Waals surface area (Å²) in [5.74, 6) is -1.18. The molecule has 2 aromatic rings. The third-order valence-electron chi connectivity index (χ3n) is 6.72. The van der Waals surface area contributed by atoms with Crippen LogP contribution in [-0.2, 0) is 26.5 Å². The maximum Gasteiger partial charge on any atom is 0.268 e. The molecule has 3 amide bonds. The smallest absolute Gasteiger partial charge is 0.268 e. The number of nitrogens with zero attached hydrogens (tertiary/aromatic N) is 3. The fourth-order valence-electron chi connectivity index (χ4n) is 5.15. The van der Waals surface area contributed by atoms with Gasteiger partial charge in [0.1, 0.15) is 5.69 Å². The van der Waals surface area contributed by atoms with Crippen molar-refractivity contribution in [2.24, 2.45) is 13.0 Å². The summed E-state index contributed by atoms with van der Waals surface area (Å²) in [5, 5.41) is 7.69. The van der Waals surface area contributed by atoms with Crippen molar-refractivity contribution in [1.29, 1.82) is 0 Å². The molecule has 0 aromatic carbocycles. The number of aryl methyl sites for hydroxylation is 1. The molecule has 2 atom stereocenters. The van der Waals surface area contributed by atoms with Gasteiger partial charge in [0.2, 0.25) is 11.8 Å². The molecular weight excluding hydrogens is 454 g/mol. The maximum absolute atomic E-state index is 13.2. The number of piperazine rings is 1. The molecule has 10 nitrogen and oxygen atoms in total. The zero-order valence-corrected chi connectivity index (χ0v) is 19.3. The van der Waals surface area contributed by atoms with Gasteiger partial charge in [-0.15, -0.1) is 11.3 Å². The first-order valence-electron chi connectivity index (χ1n) is 10.5. The second-order valence-electron chi connectivity index (χ2n) is 8.96. The Kier molecular flexibility index (Phi) is 5.06. The second-order valence-corrected chi connectivity index (χ2v) is 12.0. The largest absolute Gasteiger partial charge is 0.354 e. The standard InChI is InChI=1S/C20H25N5O5S2/c1-23-14-2-5-31-16(14)6-15(23)19(28)22-20-11-25(7-13(20)10-32(29,30)12-20)18(27)9-24-4-3-21-17(26)8-24/h2,5-6,13H,3-4,7-12H2,1H3,(H,21,26)(H,22,28)/t13-,20-/m0/s1. The van der Waals surface area contributed by atoms with E-state index in [2.05, 4.69) is 10.6 Å². The molecule has 5 rings (SSSR count). The van der Waals surface area contributed by atoms with Crippen molar-refractivity contribution in [3.8, 4) is 0 Å². The van der Waals surface area contributed by atoms with Crippen LogP contribution < -0.4 is 10.6 Å². The van der Waals surface area contributed by atoms with Crippen LogP contribution in [0.4, 0.5) is 0 Å². The number of aromatic nitrogens is 1. The van der Waals surface area contributed by atoms with E-state index in [1.54, 1.807) is 14.4 Å². The minimum atomic E-state index is -3.32. The Bertz CT molecular complexity index is 1220. The minimum absolute atomic E-state index is 0.0502. The van der Waals surface area contributed by atoms with Gasteiger partial charge in [-0.2, -0.15) is 0 Å². The number of fused-ring (bicyclic) bond motifs is 2. The van der Waals surface area contributed by atoms with Crippen LogP contribution in [0.5, 0.6) is 0 Å². The number of nitrogens with one attached hydrogen (secondary N) is 2. The average Bonchev–Trinajstić information content (AvgIpc) is 3.41. The van der Waals surface area contributed by atoms with E-state index in [0.29, 0.717) is 18.8 Å². The Morgan fingerprint density at radius 3 is 2.94 bits per heavy atom. The van der Waals surface area contributed by atoms with E-state index in [1.807, 2.05) is 24.6 Å². The lowest BCUT2D eigenvalue weighted by Gasteiger charge is -2.30. The van der Waals surface area contributed by atoms with E-state index in [9.17, 15) is 22.8 Å². The highest BCUT2D eigenvalue weighted by Gasteiger charge is 2.57. The molecule has 2 aromatic heterocycles. The Hall–Kier alpha value is -2.44. The molecule has 0 spiro atoms. The summed E-state index contributed by atoms with van der Waals surface area (Å²) >= 11 is 1.54. The first-order chi connectivity index (χ1) is 15.2. The third-order valence-corrected chi connectivity index (χ3v) is 9.43. The van der Waals surface area contributed by atoms with Gasteiger partial charge < -0.3 is 20.1 Å². The van der Waals surface area contributed by atoms with E-state index in [1.165, 1.54) is 11.3 Å². The predicted molar refractivity (Wildman–Crippen MR) is 119 cm³/mol. The Labute approximate surface area is 189 Å². The van der Waals surface area contributed by atoms with Crippen molar-refractivity contribution in [2.45, 2.75) is 5.54 Å². The van der Waals surface area contributed by atoms with Gasteiger partial charge in [-0.1, -0.05) is 0 Å². The van der Waals surface area contributed by atoms with Gasteiger partial charge >= 0.3 is 0 Å². The van der Waals surface area contributed by atoms with Gasteiger partial charge in [-0.25, -0.2) is 8.42 Å². The van der Waals surface area contributed by atoms with Crippen molar-refractivity contribution in [1.82, 2.24) is 25.0 Å². The molecule has 3 aliphatic heterocycles. The zero-order chi connectivity index (χ0) is 22.7. The summed E-state index contributed by atoms with van der Waals surface area (Å²) in [6, 6.07) is 3.75. The number of rotatable bonds is 4. The van der Waals surface area contributed by atoms with E-state index < -0.39 is 15.4 Å². The highest BCUT2D eigenvalue weighted by Crippen LogP contribution is 2.37. The summed E-state index contributed by atoms with van der Waals surface area (Å²) in [5.41, 5.74) is 0.415. The van der Waals surface area contributed by atoms with Crippen LogP contribution >= 0.6 is 11.3 Å². The highest BCUT2D eigenvalue weighted by atomic mass is 32.2. The third kappa shape index (κ3) is 3.69. The molecule has 172 valence electrons. The van der Waals surface area contributed by atoms with Crippen LogP contribution in [-0.4, -0.2) is 96.8 Å². The predicted octanol–water partition coefficient (Wildman–Crippen LogP) is -0.973. The summed E-state index contributed by atoms with van der Waals surface area (Å²) in [6.07, 6.45) is 0. The molecule has 0 aliphatic carbocycles.